The first-order valence-electron chi connectivity index (χ1n) is 4.54. The van der Waals surface area contributed by atoms with Crippen molar-refractivity contribution in [2.45, 2.75) is 26.3 Å². The van der Waals surface area contributed by atoms with E-state index >= 15 is 0 Å². The average molecular weight is 186 g/mol. The first kappa shape index (κ1) is 12.2. The number of nitrogens with zero attached hydrogens (tertiary/aromatic N) is 2. The zero-order chi connectivity index (χ0) is 10.5. The number of likely N-dealkylation sites (N-methyl/N-ethyl adjacent to an activating group) is 1. The maximum absolute atomic E-state index is 5.67. The highest BCUT2D eigenvalue weighted by Crippen LogP contribution is 1.96. The molecule has 0 atom stereocenters. The summed E-state index contributed by atoms with van der Waals surface area (Å²) in [5.41, 5.74) is 5.66. The Morgan fingerprint density at radius 1 is 1.38 bits per heavy atom. The second-order valence-electron chi connectivity index (χ2n) is 4.45. The van der Waals surface area contributed by atoms with Crippen LogP contribution in [0.5, 0.6) is 0 Å². The van der Waals surface area contributed by atoms with Crippen molar-refractivity contribution in [1.82, 2.24) is 10.2 Å². The van der Waals surface area contributed by atoms with E-state index < -0.39 is 0 Å². The van der Waals surface area contributed by atoms with Crippen LogP contribution in [0.15, 0.2) is 4.99 Å². The van der Waals surface area contributed by atoms with Crippen LogP contribution < -0.4 is 11.1 Å². The van der Waals surface area contributed by atoms with Crippen LogP contribution in [-0.2, 0) is 0 Å². The second-order valence-corrected chi connectivity index (χ2v) is 4.45. The Labute approximate surface area is 81.2 Å². The van der Waals surface area contributed by atoms with Crippen LogP contribution in [-0.4, -0.2) is 43.6 Å². The van der Waals surface area contributed by atoms with Crippen molar-refractivity contribution < 1.29 is 0 Å². The fourth-order valence-corrected chi connectivity index (χ4v) is 0.794. The van der Waals surface area contributed by atoms with Gasteiger partial charge in [0.05, 0.1) is 6.54 Å². The Hall–Kier alpha value is -0.770. The van der Waals surface area contributed by atoms with Gasteiger partial charge in [-0.3, -0.25) is 4.99 Å². The summed E-state index contributed by atoms with van der Waals surface area (Å²) < 4.78 is 0. The maximum atomic E-state index is 5.67. The van der Waals surface area contributed by atoms with E-state index in [-0.39, 0.29) is 5.54 Å². The first-order valence-corrected chi connectivity index (χ1v) is 4.54. The molecule has 0 aliphatic carbocycles. The molecule has 0 aromatic heterocycles. The van der Waals surface area contributed by atoms with Gasteiger partial charge in [-0.05, 0) is 34.9 Å². The summed E-state index contributed by atoms with van der Waals surface area (Å²) in [5, 5.41) is 3.10. The maximum Gasteiger partial charge on any atom is 0.189 e. The Morgan fingerprint density at radius 2 is 1.92 bits per heavy atom. The summed E-state index contributed by atoms with van der Waals surface area (Å²) in [6.07, 6.45) is 0. The molecule has 0 saturated carbocycles. The largest absolute Gasteiger partial charge is 0.370 e. The molecule has 0 saturated heterocycles. The number of hydrogen-bond donors (Lipinski definition) is 2. The van der Waals surface area contributed by atoms with Crippen LogP contribution in [0.25, 0.3) is 0 Å². The lowest BCUT2D eigenvalue weighted by Crippen LogP contribution is -2.45. The third-order valence-electron chi connectivity index (χ3n) is 1.33. The number of nitrogens with two attached hydrogens (primary N) is 1. The Bertz CT molecular complexity index is 167. The normalized spacial score (nSPS) is 13.5. The fraction of sp³-hybridized carbons (Fsp3) is 0.889. The summed E-state index contributed by atoms with van der Waals surface area (Å²) in [4.78, 5) is 6.27. The van der Waals surface area contributed by atoms with E-state index in [1.54, 1.807) is 0 Å². The van der Waals surface area contributed by atoms with Crippen molar-refractivity contribution >= 4 is 5.96 Å². The summed E-state index contributed by atoms with van der Waals surface area (Å²) in [5.74, 6) is 0.523. The van der Waals surface area contributed by atoms with Gasteiger partial charge in [0.25, 0.3) is 0 Å². The van der Waals surface area contributed by atoms with Gasteiger partial charge in [0.2, 0.25) is 0 Å². The molecule has 4 nitrogen and oxygen atoms in total. The molecule has 0 aliphatic heterocycles. The van der Waals surface area contributed by atoms with Gasteiger partial charge in [0.1, 0.15) is 0 Å². The minimum Gasteiger partial charge on any atom is -0.370 e. The molecule has 0 radical (unpaired) electrons. The summed E-state index contributed by atoms with van der Waals surface area (Å²) in [7, 11) is 4.03. The third-order valence-corrected chi connectivity index (χ3v) is 1.33. The van der Waals surface area contributed by atoms with Gasteiger partial charge in [-0.2, -0.15) is 0 Å². The molecular weight excluding hydrogens is 164 g/mol. The molecule has 0 unspecified atom stereocenters. The highest BCUT2D eigenvalue weighted by atomic mass is 15.1. The Kier molecular flexibility index (Phi) is 4.77. The highest BCUT2D eigenvalue weighted by molar-refractivity contribution is 5.78. The van der Waals surface area contributed by atoms with E-state index in [0.29, 0.717) is 5.96 Å². The zero-order valence-electron chi connectivity index (χ0n) is 9.39. The quantitative estimate of drug-likeness (QED) is 0.491. The average Bonchev–Trinajstić information content (AvgIpc) is 1.81. The van der Waals surface area contributed by atoms with Gasteiger partial charge < -0.3 is 16.0 Å². The summed E-state index contributed by atoms with van der Waals surface area (Å²) in [6, 6.07) is 0. The molecule has 0 aromatic carbocycles. The SMILES string of the molecule is CN(C)CCN=C(N)NC(C)(C)C. The molecule has 0 rings (SSSR count). The monoisotopic (exact) mass is 186 g/mol. The fourth-order valence-electron chi connectivity index (χ4n) is 0.794. The summed E-state index contributed by atoms with van der Waals surface area (Å²) in [6.45, 7) is 7.83. The standard InChI is InChI=1S/C9H22N4/c1-9(2,3)12-8(10)11-6-7-13(4)5/h6-7H2,1-5H3,(H3,10,11,12). The number of aliphatic imine (C=N–C) groups is 1. The molecular formula is C9H22N4. The van der Waals surface area contributed by atoms with E-state index in [1.807, 2.05) is 14.1 Å². The van der Waals surface area contributed by atoms with Crippen LogP contribution in [0.4, 0.5) is 0 Å². The van der Waals surface area contributed by atoms with E-state index in [9.17, 15) is 0 Å². The number of rotatable bonds is 3. The molecule has 78 valence electrons. The van der Waals surface area contributed by atoms with Gasteiger partial charge in [0.15, 0.2) is 5.96 Å². The molecule has 0 aliphatic rings. The zero-order valence-corrected chi connectivity index (χ0v) is 9.39. The van der Waals surface area contributed by atoms with Crippen molar-refractivity contribution in [2.24, 2.45) is 10.7 Å². The van der Waals surface area contributed by atoms with Crippen LogP contribution in [0.1, 0.15) is 20.8 Å². The van der Waals surface area contributed by atoms with Gasteiger partial charge in [0, 0.05) is 12.1 Å². The molecule has 0 amide bonds. The predicted octanol–water partition coefficient (Wildman–Crippen LogP) is 0.251. The lowest BCUT2D eigenvalue weighted by atomic mass is 10.1. The van der Waals surface area contributed by atoms with Crippen LogP contribution >= 0.6 is 0 Å². The number of nitrogens with one attached hydrogen (secondary N) is 1. The first-order chi connectivity index (χ1) is 5.81. The molecule has 4 heteroatoms. The van der Waals surface area contributed by atoms with Crippen molar-refractivity contribution in [3.05, 3.63) is 0 Å². The van der Waals surface area contributed by atoms with Gasteiger partial charge in [-0.25, -0.2) is 0 Å². The van der Waals surface area contributed by atoms with Crippen LogP contribution in [0, 0.1) is 0 Å². The smallest absolute Gasteiger partial charge is 0.189 e. The molecule has 13 heavy (non-hydrogen) atoms. The number of hydrogen-bond acceptors (Lipinski definition) is 2. The molecule has 0 fully saturated rings. The van der Waals surface area contributed by atoms with Crippen molar-refractivity contribution in [3.8, 4) is 0 Å². The van der Waals surface area contributed by atoms with E-state index in [1.165, 1.54) is 0 Å². The van der Waals surface area contributed by atoms with Crippen molar-refractivity contribution in [1.29, 1.82) is 0 Å². The van der Waals surface area contributed by atoms with E-state index in [4.69, 9.17) is 5.73 Å². The molecule has 0 aromatic rings. The third kappa shape index (κ3) is 9.14. The molecule has 0 heterocycles. The molecule has 0 spiro atoms. The van der Waals surface area contributed by atoms with Gasteiger partial charge in [-0.15, -0.1) is 0 Å². The Morgan fingerprint density at radius 3 is 2.31 bits per heavy atom. The molecule has 3 N–H and O–H groups in total. The minimum absolute atomic E-state index is 0.00823. The van der Waals surface area contributed by atoms with Gasteiger partial charge in [-0.1, -0.05) is 0 Å². The summed E-state index contributed by atoms with van der Waals surface area (Å²) >= 11 is 0. The van der Waals surface area contributed by atoms with Crippen LogP contribution in [0.3, 0.4) is 0 Å². The lowest BCUT2D eigenvalue weighted by molar-refractivity contribution is 0.419. The highest BCUT2D eigenvalue weighted by Gasteiger charge is 2.09. The topological polar surface area (TPSA) is 53.6 Å². The second kappa shape index (κ2) is 5.07. The van der Waals surface area contributed by atoms with E-state index in [0.717, 1.165) is 13.1 Å². The lowest BCUT2D eigenvalue weighted by Gasteiger charge is -2.21. The number of guanidine groups is 1. The Balaban J connectivity index is 3.76. The minimum atomic E-state index is -0.00823. The molecule has 0 bridgehead atoms. The van der Waals surface area contributed by atoms with E-state index in [2.05, 4.69) is 36.0 Å². The van der Waals surface area contributed by atoms with Crippen molar-refractivity contribution in [3.63, 3.8) is 0 Å². The predicted molar refractivity (Wildman–Crippen MR) is 57.9 cm³/mol. The van der Waals surface area contributed by atoms with Crippen LogP contribution in [0.2, 0.25) is 0 Å². The van der Waals surface area contributed by atoms with Crippen molar-refractivity contribution in [2.75, 3.05) is 27.2 Å². The van der Waals surface area contributed by atoms with Gasteiger partial charge >= 0.3 is 0 Å².